The zero-order valence-electron chi connectivity index (χ0n) is 12.5. The lowest BCUT2D eigenvalue weighted by Gasteiger charge is -2.05. The van der Waals surface area contributed by atoms with Gasteiger partial charge >= 0.3 is 0 Å². The lowest BCUT2D eigenvalue weighted by Crippen LogP contribution is -2.25. The van der Waals surface area contributed by atoms with Crippen molar-refractivity contribution in [2.75, 3.05) is 6.54 Å². The maximum atomic E-state index is 12.4. The minimum absolute atomic E-state index is 0.464. The first-order valence-electron chi connectivity index (χ1n) is 7.87. The number of sulfonamides is 1. The van der Waals surface area contributed by atoms with E-state index in [2.05, 4.69) is 10.0 Å². The Morgan fingerprint density at radius 1 is 1.29 bits per heavy atom. The van der Waals surface area contributed by atoms with E-state index in [0.717, 1.165) is 35.1 Å². The molecular weight excluding hydrogens is 304 g/mol. The molecule has 0 saturated heterocycles. The highest BCUT2D eigenvalue weighted by molar-refractivity contribution is 7.89. The van der Waals surface area contributed by atoms with Gasteiger partial charge in [-0.25, -0.2) is 13.1 Å². The number of thiophene rings is 1. The fourth-order valence-electron chi connectivity index (χ4n) is 2.49. The van der Waals surface area contributed by atoms with Crippen LogP contribution in [0.5, 0.6) is 0 Å². The number of hydrogen-bond donors (Lipinski definition) is 2. The smallest absolute Gasteiger partial charge is 0.241 e. The largest absolute Gasteiger partial charge is 0.309 e. The van der Waals surface area contributed by atoms with Crippen LogP contribution in [0.2, 0.25) is 0 Å². The standard InChI is InChI=1S/C15H24N2O2S2/c1-11-15(9-14(20-11)10-16-13-6-7-13)21(18,19)17-8-2-3-12-4-5-12/h9,12-13,16-17H,2-8,10H2,1H3. The van der Waals surface area contributed by atoms with Gasteiger partial charge in [-0.05, 0) is 44.6 Å². The summed E-state index contributed by atoms with van der Waals surface area (Å²) in [5.74, 6) is 0.859. The summed E-state index contributed by atoms with van der Waals surface area (Å²) in [5.41, 5.74) is 0. The first kappa shape index (κ1) is 15.5. The second kappa shape index (κ2) is 6.36. The molecule has 2 saturated carbocycles. The number of rotatable bonds is 9. The van der Waals surface area contributed by atoms with Gasteiger partial charge in [0, 0.05) is 28.9 Å². The maximum Gasteiger partial charge on any atom is 0.241 e. The molecule has 0 radical (unpaired) electrons. The SMILES string of the molecule is Cc1sc(CNC2CC2)cc1S(=O)(=O)NCCCC1CC1. The molecule has 0 amide bonds. The van der Waals surface area contributed by atoms with Gasteiger partial charge < -0.3 is 5.32 Å². The van der Waals surface area contributed by atoms with E-state index >= 15 is 0 Å². The minimum Gasteiger partial charge on any atom is -0.309 e. The van der Waals surface area contributed by atoms with Crippen molar-refractivity contribution in [2.45, 2.75) is 62.9 Å². The Bertz CT molecular complexity index is 587. The fourth-order valence-corrected chi connectivity index (χ4v) is 5.15. The summed E-state index contributed by atoms with van der Waals surface area (Å²) >= 11 is 1.58. The van der Waals surface area contributed by atoms with E-state index in [9.17, 15) is 8.42 Å². The molecule has 1 aromatic heterocycles. The molecule has 6 heteroatoms. The highest BCUT2D eigenvalue weighted by atomic mass is 32.2. The average molecular weight is 329 g/mol. The van der Waals surface area contributed by atoms with Crippen LogP contribution in [0.4, 0.5) is 0 Å². The van der Waals surface area contributed by atoms with Crippen LogP contribution in [0.25, 0.3) is 0 Å². The van der Waals surface area contributed by atoms with Gasteiger partial charge in [0.15, 0.2) is 0 Å². The van der Waals surface area contributed by atoms with Crippen molar-refractivity contribution in [3.8, 4) is 0 Å². The molecule has 1 aromatic rings. The third-order valence-electron chi connectivity index (χ3n) is 4.13. The highest BCUT2D eigenvalue weighted by Crippen LogP contribution is 2.33. The maximum absolute atomic E-state index is 12.4. The lowest BCUT2D eigenvalue weighted by molar-refractivity contribution is 0.572. The van der Waals surface area contributed by atoms with Crippen molar-refractivity contribution in [3.05, 3.63) is 15.8 Å². The topological polar surface area (TPSA) is 58.2 Å². The molecule has 2 N–H and O–H groups in total. The predicted molar refractivity (Wildman–Crippen MR) is 86.1 cm³/mol. The summed E-state index contributed by atoms with van der Waals surface area (Å²) in [6.07, 6.45) is 7.25. The van der Waals surface area contributed by atoms with E-state index in [1.165, 1.54) is 25.7 Å². The van der Waals surface area contributed by atoms with Gasteiger partial charge in [0.1, 0.15) is 0 Å². The van der Waals surface area contributed by atoms with Crippen molar-refractivity contribution in [3.63, 3.8) is 0 Å². The fraction of sp³-hybridized carbons (Fsp3) is 0.733. The third-order valence-corrected chi connectivity index (χ3v) is 6.90. The molecule has 0 spiro atoms. The summed E-state index contributed by atoms with van der Waals surface area (Å²) in [5, 5.41) is 3.43. The van der Waals surface area contributed by atoms with Crippen molar-refractivity contribution in [1.82, 2.24) is 10.0 Å². The van der Waals surface area contributed by atoms with Gasteiger partial charge in [0.2, 0.25) is 10.0 Å². The van der Waals surface area contributed by atoms with Crippen molar-refractivity contribution in [2.24, 2.45) is 5.92 Å². The normalized spacial score (nSPS) is 19.1. The lowest BCUT2D eigenvalue weighted by atomic mass is 10.2. The van der Waals surface area contributed by atoms with Crippen molar-refractivity contribution in [1.29, 1.82) is 0 Å². The van der Waals surface area contributed by atoms with Gasteiger partial charge in [-0.3, -0.25) is 0 Å². The van der Waals surface area contributed by atoms with Crippen molar-refractivity contribution < 1.29 is 8.42 Å². The van der Waals surface area contributed by atoms with Gasteiger partial charge in [-0.1, -0.05) is 12.8 Å². The molecule has 0 bridgehead atoms. The first-order chi connectivity index (χ1) is 10.0. The number of aryl methyl sites for hydroxylation is 1. The average Bonchev–Trinajstić information content (AvgIpc) is 3.33. The summed E-state index contributed by atoms with van der Waals surface area (Å²) in [4.78, 5) is 2.46. The molecule has 0 aromatic carbocycles. The van der Waals surface area contributed by atoms with Gasteiger partial charge in [-0.2, -0.15) is 0 Å². The molecule has 0 aliphatic heterocycles. The molecule has 0 atom stereocenters. The summed E-state index contributed by atoms with van der Waals surface area (Å²) < 4.78 is 27.5. The highest BCUT2D eigenvalue weighted by Gasteiger charge is 2.23. The molecule has 2 fully saturated rings. The molecule has 2 aliphatic carbocycles. The van der Waals surface area contributed by atoms with Gasteiger partial charge in [0.25, 0.3) is 0 Å². The van der Waals surface area contributed by atoms with Crippen LogP contribution in [0.3, 0.4) is 0 Å². The van der Waals surface area contributed by atoms with E-state index in [1.807, 2.05) is 13.0 Å². The monoisotopic (exact) mass is 328 g/mol. The number of hydrogen-bond acceptors (Lipinski definition) is 4. The Labute approximate surface area is 131 Å². The van der Waals surface area contributed by atoms with Crippen LogP contribution in [0.1, 0.15) is 48.3 Å². The molecular formula is C15H24N2O2S2. The minimum atomic E-state index is -3.34. The molecule has 21 heavy (non-hydrogen) atoms. The molecule has 118 valence electrons. The zero-order valence-corrected chi connectivity index (χ0v) is 14.2. The van der Waals surface area contributed by atoms with Crippen LogP contribution >= 0.6 is 11.3 Å². The van der Waals surface area contributed by atoms with E-state index in [-0.39, 0.29) is 0 Å². The second-order valence-corrected chi connectivity index (χ2v) is 9.35. The van der Waals surface area contributed by atoms with E-state index < -0.39 is 10.0 Å². The Morgan fingerprint density at radius 2 is 2.05 bits per heavy atom. The Hall–Kier alpha value is -0.430. The Balaban J connectivity index is 1.54. The third kappa shape index (κ3) is 4.52. The van der Waals surface area contributed by atoms with Crippen LogP contribution < -0.4 is 10.0 Å². The van der Waals surface area contributed by atoms with Crippen LogP contribution in [0, 0.1) is 12.8 Å². The van der Waals surface area contributed by atoms with Gasteiger partial charge in [0.05, 0.1) is 4.90 Å². The second-order valence-electron chi connectivity index (χ2n) is 6.27. The van der Waals surface area contributed by atoms with Gasteiger partial charge in [-0.15, -0.1) is 11.3 Å². The molecule has 4 nitrogen and oxygen atoms in total. The number of nitrogens with one attached hydrogen (secondary N) is 2. The summed E-state index contributed by atoms with van der Waals surface area (Å²) in [6.45, 7) is 3.24. The molecule has 1 heterocycles. The predicted octanol–water partition coefficient (Wildman–Crippen LogP) is 2.78. The van der Waals surface area contributed by atoms with Crippen molar-refractivity contribution >= 4 is 21.4 Å². The van der Waals surface area contributed by atoms with E-state index in [4.69, 9.17) is 0 Å². The van der Waals surface area contributed by atoms with E-state index in [0.29, 0.717) is 17.5 Å². The molecule has 0 unspecified atom stereocenters. The van der Waals surface area contributed by atoms with E-state index in [1.54, 1.807) is 11.3 Å². The van der Waals surface area contributed by atoms with Crippen LogP contribution in [-0.4, -0.2) is 21.0 Å². The first-order valence-corrected chi connectivity index (χ1v) is 10.2. The zero-order chi connectivity index (χ0) is 14.9. The summed E-state index contributed by atoms with van der Waals surface area (Å²) in [6, 6.07) is 2.48. The molecule has 2 aliphatic rings. The molecule has 3 rings (SSSR count). The quantitative estimate of drug-likeness (QED) is 0.685. The van der Waals surface area contributed by atoms with Crippen LogP contribution in [-0.2, 0) is 16.6 Å². The Morgan fingerprint density at radius 3 is 2.71 bits per heavy atom. The Kier molecular flexibility index (Phi) is 4.69. The van der Waals surface area contributed by atoms with Crippen LogP contribution in [0.15, 0.2) is 11.0 Å². The summed E-state index contributed by atoms with van der Waals surface area (Å²) in [7, 11) is -3.34.